The van der Waals surface area contributed by atoms with E-state index in [4.69, 9.17) is 11.6 Å². The highest BCUT2D eigenvalue weighted by molar-refractivity contribution is 7.16. The number of aliphatic imine (C=N–C) groups is 1. The third-order valence-corrected chi connectivity index (χ3v) is 7.98. The Labute approximate surface area is 214 Å². The largest absolute Gasteiger partial charge is 0.322 e. The fraction of sp³-hybridized carbons (Fsp3) is 0.333. The number of carbonyl (C=O) groups excluding carboxylic acids is 1. The van der Waals surface area contributed by atoms with Crippen molar-refractivity contribution in [3.05, 3.63) is 84.7 Å². The lowest BCUT2D eigenvalue weighted by molar-refractivity contribution is -0.385. The Morgan fingerprint density at radius 3 is 2.60 bits per heavy atom. The Balaban J connectivity index is 1.71. The summed E-state index contributed by atoms with van der Waals surface area (Å²) in [6.07, 6.45) is 4.35. The predicted molar refractivity (Wildman–Crippen MR) is 144 cm³/mol. The van der Waals surface area contributed by atoms with Gasteiger partial charge < -0.3 is 5.32 Å². The second kappa shape index (κ2) is 9.91. The van der Waals surface area contributed by atoms with Gasteiger partial charge in [-0.15, -0.1) is 11.3 Å². The van der Waals surface area contributed by atoms with Gasteiger partial charge in [-0.1, -0.05) is 44.5 Å². The molecule has 1 aromatic heterocycles. The zero-order chi connectivity index (χ0) is 25.3. The minimum absolute atomic E-state index is 0.0492. The average molecular weight is 510 g/mol. The first-order chi connectivity index (χ1) is 16.5. The smallest absolute Gasteiger partial charge is 0.272 e. The zero-order valence-corrected chi connectivity index (χ0v) is 21.8. The van der Waals surface area contributed by atoms with Gasteiger partial charge in [0.15, 0.2) is 0 Å². The first-order valence-electron chi connectivity index (χ1n) is 11.5. The van der Waals surface area contributed by atoms with Crippen molar-refractivity contribution in [2.24, 2.45) is 16.3 Å². The summed E-state index contributed by atoms with van der Waals surface area (Å²) in [5, 5.41) is 15.5. The van der Waals surface area contributed by atoms with Gasteiger partial charge in [-0.3, -0.25) is 14.9 Å². The van der Waals surface area contributed by atoms with Crippen molar-refractivity contribution in [3.63, 3.8) is 0 Å². The van der Waals surface area contributed by atoms with E-state index < -0.39 is 4.92 Å². The van der Waals surface area contributed by atoms with Gasteiger partial charge in [0, 0.05) is 33.4 Å². The normalized spacial score (nSPS) is 15.7. The van der Waals surface area contributed by atoms with E-state index in [9.17, 15) is 14.9 Å². The van der Waals surface area contributed by atoms with Crippen LogP contribution in [0.4, 0.5) is 16.4 Å². The van der Waals surface area contributed by atoms with Crippen LogP contribution < -0.4 is 5.32 Å². The number of nitrogens with one attached hydrogen (secondary N) is 1. The number of anilines is 1. The summed E-state index contributed by atoms with van der Waals surface area (Å²) in [5.74, 6) is 0.318. The average Bonchev–Trinajstić information content (AvgIpc) is 3.17. The molecule has 1 heterocycles. The van der Waals surface area contributed by atoms with Crippen molar-refractivity contribution in [2.45, 2.75) is 47.0 Å². The maximum Gasteiger partial charge on any atom is 0.272 e. The van der Waals surface area contributed by atoms with Crippen molar-refractivity contribution >= 4 is 51.4 Å². The number of rotatable bonds is 5. The second-order valence-corrected chi connectivity index (χ2v) is 11.5. The molecule has 0 spiro atoms. The molecule has 8 heteroatoms. The molecule has 35 heavy (non-hydrogen) atoms. The van der Waals surface area contributed by atoms with E-state index >= 15 is 0 Å². The SMILES string of the molecule is Cc1ccc(C=Nc2sc3c(c2C(=O)Nc2ccc(Cl)cc2)CC[C@@H](C(C)(C)C)C3)cc1[N+](=O)[O-]. The van der Waals surface area contributed by atoms with Gasteiger partial charge in [-0.2, -0.15) is 0 Å². The molecule has 1 aliphatic carbocycles. The van der Waals surface area contributed by atoms with Crippen LogP contribution in [0.25, 0.3) is 0 Å². The Kier molecular flexibility index (Phi) is 7.10. The molecule has 0 aliphatic heterocycles. The minimum Gasteiger partial charge on any atom is -0.322 e. The number of benzene rings is 2. The van der Waals surface area contributed by atoms with Crippen molar-refractivity contribution in [1.29, 1.82) is 0 Å². The van der Waals surface area contributed by atoms with E-state index in [1.165, 1.54) is 10.9 Å². The molecule has 0 unspecified atom stereocenters. The van der Waals surface area contributed by atoms with Crippen LogP contribution in [0.5, 0.6) is 0 Å². The van der Waals surface area contributed by atoms with E-state index in [1.54, 1.807) is 60.9 Å². The number of nitro groups is 1. The number of aryl methyl sites for hydroxylation is 1. The highest BCUT2D eigenvalue weighted by atomic mass is 35.5. The summed E-state index contributed by atoms with van der Waals surface area (Å²) in [7, 11) is 0. The Hall–Kier alpha value is -3.03. The van der Waals surface area contributed by atoms with E-state index in [-0.39, 0.29) is 17.0 Å². The van der Waals surface area contributed by atoms with Gasteiger partial charge in [-0.05, 0) is 72.9 Å². The topological polar surface area (TPSA) is 84.6 Å². The zero-order valence-electron chi connectivity index (χ0n) is 20.2. The number of thiophene rings is 1. The molecule has 182 valence electrons. The van der Waals surface area contributed by atoms with Gasteiger partial charge in [0.25, 0.3) is 11.6 Å². The molecule has 3 aromatic rings. The van der Waals surface area contributed by atoms with Gasteiger partial charge in [-0.25, -0.2) is 4.99 Å². The third kappa shape index (κ3) is 5.63. The van der Waals surface area contributed by atoms with Crippen molar-refractivity contribution in [2.75, 3.05) is 5.32 Å². The van der Waals surface area contributed by atoms with Gasteiger partial charge in [0.2, 0.25) is 0 Å². The molecule has 1 atom stereocenters. The predicted octanol–water partition coefficient (Wildman–Crippen LogP) is 7.77. The van der Waals surface area contributed by atoms with Crippen LogP contribution in [-0.2, 0) is 12.8 Å². The molecule has 0 saturated heterocycles. The molecule has 1 N–H and O–H groups in total. The summed E-state index contributed by atoms with van der Waals surface area (Å²) >= 11 is 7.53. The summed E-state index contributed by atoms with van der Waals surface area (Å²) in [4.78, 5) is 30.2. The molecular formula is C27H28ClN3O3S. The van der Waals surface area contributed by atoms with Crippen LogP contribution in [0.15, 0.2) is 47.5 Å². The monoisotopic (exact) mass is 509 g/mol. The van der Waals surface area contributed by atoms with E-state index in [0.29, 0.717) is 38.3 Å². The van der Waals surface area contributed by atoms with Crippen LogP contribution in [0.2, 0.25) is 5.02 Å². The number of nitrogens with zero attached hydrogens (tertiary/aromatic N) is 2. The minimum atomic E-state index is -0.395. The van der Waals surface area contributed by atoms with E-state index in [2.05, 4.69) is 31.1 Å². The molecular weight excluding hydrogens is 482 g/mol. The maximum absolute atomic E-state index is 13.4. The molecule has 0 fully saturated rings. The first kappa shape index (κ1) is 25.1. The second-order valence-electron chi connectivity index (χ2n) is 10.0. The molecule has 0 radical (unpaired) electrons. The lowest BCUT2D eigenvalue weighted by Crippen LogP contribution is -2.27. The van der Waals surface area contributed by atoms with Gasteiger partial charge >= 0.3 is 0 Å². The molecule has 0 bridgehead atoms. The molecule has 1 aliphatic rings. The number of fused-ring (bicyclic) bond motifs is 1. The van der Waals surface area contributed by atoms with Crippen molar-refractivity contribution < 1.29 is 9.72 Å². The fourth-order valence-corrected chi connectivity index (χ4v) is 5.79. The standard InChI is InChI=1S/C27H28ClN3O3S/c1-16-5-6-17(13-22(16)31(33)34)15-29-26-24(25(32)30-20-10-8-19(28)9-11-20)21-12-7-18(27(2,3)4)14-23(21)35-26/h5-6,8-11,13,15,18H,7,12,14H2,1-4H3,(H,30,32)/t18-/m1/s1. The molecule has 1 amide bonds. The number of nitro benzene ring substituents is 1. The first-order valence-corrected chi connectivity index (χ1v) is 12.7. The number of carbonyl (C=O) groups is 1. The van der Waals surface area contributed by atoms with E-state index in [0.717, 1.165) is 24.8 Å². The maximum atomic E-state index is 13.4. The van der Waals surface area contributed by atoms with Crippen LogP contribution in [0.1, 0.15) is 59.1 Å². The summed E-state index contributed by atoms with van der Waals surface area (Å²) in [6.45, 7) is 8.48. The number of hydrogen-bond donors (Lipinski definition) is 1. The highest BCUT2D eigenvalue weighted by Crippen LogP contribution is 2.45. The molecule has 0 saturated carbocycles. The van der Waals surface area contributed by atoms with E-state index in [1.807, 2.05) is 0 Å². The highest BCUT2D eigenvalue weighted by Gasteiger charge is 2.33. The Morgan fingerprint density at radius 1 is 1.23 bits per heavy atom. The Morgan fingerprint density at radius 2 is 1.94 bits per heavy atom. The fourth-order valence-electron chi connectivity index (χ4n) is 4.40. The van der Waals surface area contributed by atoms with Crippen LogP contribution >= 0.6 is 22.9 Å². The quantitative estimate of drug-likeness (QED) is 0.216. The molecule has 2 aromatic carbocycles. The van der Waals surface area contributed by atoms with Gasteiger partial charge in [0.1, 0.15) is 5.00 Å². The number of hydrogen-bond acceptors (Lipinski definition) is 5. The lowest BCUT2D eigenvalue weighted by Gasteiger charge is -2.33. The Bertz CT molecular complexity index is 1310. The van der Waals surface area contributed by atoms with Crippen LogP contribution in [-0.4, -0.2) is 17.0 Å². The van der Waals surface area contributed by atoms with Crippen LogP contribution in [0.3, 0.4) is 0 Å². The molecule has 4 rings (SSSR count). The summed E-state index contributed by atoms with van der Waals surface area (Å²) in [5.41, 5.74) is 3.74. The summed E-state index contributed by atoms with van der Waals surface area (Å²) < 4.78 is 0. The number of halogens is 1. The van der Waals surface area contributed by atoms with Crippen molar-refractivity contribution in [1.82, 2.24) is 0 Å². The number of amides is 1. The third-order valence-electron chi connectivity index (χ3n) is 6.56. The van der Waals surface area contributed by atoms with Gasteiger partial charge in [0.05, 0.1) is 10.5 Å². The lowest BCUT2D eigenvalue weighted by atomic mass is 9.72. The molecule has 6 nitrogen and oxygen atoms in total. The van der Waals surface area contributed by atoms with Crippen molar-refractivity contribution in [3.8, 4) is 0 Å². The summed E-state index contributed by atoms with van der Waals surface area (Å²) in [6, 6.07) is 12.0. The van der Waals surface area contributed by atoms with Crippen LogP contribution in [0, 0.1) is 28.4 Å².